The molecule has 0 aromatic heterocycles. The molecule has 0 saturated heterocycles. The summed E-state index contributed by atoms with van der Waals surface area (Å²) in [6.07, 6.45) is 2.84. The predicted molar refractivity (Wildman–Crippen MR) is 75.5 cm³/mol. The third-order valence-corrected chi connectivity index (χ3v) is 2.77. The van der Waals surface area contributed by atoms with Gasteiger partial charge in [-0.05, 0) is 42.0 Å². The Hall–Kier alpha value is -2.20. The third kappa shape index (κ3) is 3.90. The van der Waals surface area contributed by atoms with Gasteiger partial charge in [-0.3, -0.25) is 4.79 Å². The summed E-state index contributed by atoms with van der Waals surface area (Å²) in [5.41, 5.74) is 1.09. The number of halogens is 3. The quantitative estimate of drug-likeness (QED) is 0.841. The van der Waals surface area contributed by atoms with Crippen molar-refractivity contribution in [2.45, 2.75) is 0 Å². The Morgan fingerprint density at radius 1 is 1.10 bits per heavy atom. The van der Waals surface area contributed by atoms with Crippen LogP contribution >= 0.6 is 11.6 Å². The van der Waals surface area contributed by atoms with E-state index in [0.717, 1.165) is 0 Å². The number of amides is 1. The van der Waals surface area contributed by atoms with Crippen LogP contribution in [0.1, 0.15) is 5.56 Å². The highest BCUT2D eigenvalue weighted by atomic mass is 35.5. The molecule has 2 aromatic carbocycles. The van der Waals surface area contributed by atoms with Crippen molar-refractivity contribution in [2.24, 2.45) is 0 Å². The van der Waals surface area contributed by atoms with Crippen LogP contribution in [0.5, 0.6) is 0 Å². The van der Waals surface area contributed by atoms with Crippen molar-refractivity contribution in [3.05, 3.63) is 70.8 Å². The summed E-state index contributed by atoms with van der Waals surface area (Å²) in [6.45, 7) is 0. The topological polar surface area (TPSA) is 29.1 Å². The Morgan fingerprint density at radius 2 is 1.80 bits per heavy atom. The lowest BCUT2D eigenvalue weighted by molar-refractivity contribution is -0.111. The van der Waals surface area contributed by atoms with Gasteiger partial charge in [0.2, 0.25) is 5.91 Å². The Bertz CT molecular complexity index is 653. The summed E-state index contributed by atoms with van der Waals surface area (Å²) < 4.78 is 25.6. The van der Waals surface area contributed by atoms with Crippen LogP contribution in [0.2, 0.25) is 5.02 Å². The largest absolute Gasteiger partial charge is 0.322 e. The lowest BCUT2D eigenvalue weighted by Gasteiger charge is -2.03. The molecule has 1 amide bonds. The minimum atomic E-state index is -0.550. The van der Waals surface area contributed by atoms with Gasteiger partial charge >= 0.3 is 0 Å². The maximum absolute atomic E-state index is 12.9. The number of anilines is 1. The Balaban J connectivity index is 2.01. The van der Waals surface area contributed by atoms with Gasteiger partial charge in [-0.15, -0.1) is 0 Å². The number of carbonyl (C=O) groups is 1. The molecule has 0 atom stereocenters. The van der Waals surface area contributed by atoms with E-state index < -0.39 is 11.7 Å². The van der Waals surface area contributed by atoms with Crippen LogP contribution < -0.4 is 5.32 Å². The smallest absolute Gasteiger partial charge is 0.248 e. The number of rotatable bonds is 3. The molecule has 20 heavy (non-hydrogen) atoms. The van der Waals surface area contributed by atoms with E-state index in [2.05, 4.69) is 5.32 Å². The minimum absolute atomic E-state index is 0.0645. The van der Waals surface area contributed by atoms with Crippen molar-refractivity contribution in [1.29, 1.82) is 0 Å². The number of hydrogen-bond acceptors (Lipinski definition) is 1. The molecule has 5 heteroatoms. The van der Waals surface area contributed by atoms with E-state index >= 15 is 0 Å². The maximum atomic E-state index is 12.9. The summed E-state index contributed by atoms with van der Waals surface area (Å²) in [4.78, 5) is 11.6. The van der Waals surface area contributed by atoms with Crippen molar-refractivity contribution in [2.75, 3.05) is 5.32 Å². The molecule has 1 N–H and O–H groups in total. The Morgan fingerprint density at radius 3 is 2.45 bits per heavy atom. The second kappa shape index (κ2) is 6.30. The van der Waals surface area contributed by atoms with Crippen molar-refractivity contribution < 1.29 is 13.6 Å². The highest BCUT2D eigenvalue weighted by Crippen LogP contribution is 2.19. The monoisotopic (exact) mass is 293 g/mol. The molecule has 2 aromatic rings. The SMILES string of the molecule is O=C(C=Cc1ccc(F)cc1)Nc1ccc(F)c(Cl)c1. The normalized spacial score (nSPS) is 10.8. The zero-order valence-electron chi connectivity index (χ0n) is 10.2. The van der Waals surface area contributed by atoms with Crippen LogP contribution in [-0.2, 0) is 4.79 Å². The van der Waals surface area contributed by atoms with Gasteiger partial charge in [-0.2, -0.15) is 0 Å². The van der Waals surface area contributed by atoms with Gasteiger partial charge in [-0.25, -0.2) is 8.78 Å². The third-order valence-electron chi connectivity index (χ3n) is 2.48. The standard InChI is InChI=1S/C15H10ClF2NO/c16-13-9-12(6-7-14(13)18)19-15(20)8-3-10-1-4-11(17)5-2-10/h1-9H,(H,19,20). The molecule has 0 aliphatic heterocycles. The van der Waals surface area contributed by atoms with Gasteiger partial charge in [-0.1, -0.05) is 23.7 Å². The second-order valence-electron chi connectivity index (χ2n) is 4.00. The molecule has 0 spiro atoms. The summed E-state index contributed by atoms with van der Waals surface area (Å²) in [7, 11) is 0. The first-order chi connectivity index (χ1) is 9.54. The van der Waals surface area contributed by atoms with Crippen LogP contribution in [0.3, 0.4) is 0 Å². The number of hydrogen-bond donors (Lipinski definition) is 1. The summed E-state index contributed by atoms with van der Waals surface area (Å²) in [6, 6.07) is 9.60. The summed E-state index contributed by atoms with van der Waals surface area (Å²) >= 11 is 5.61. The fourth-order valence-corrected chi connectivity index (χ4v) is 1.68. The van der Waals surface area contributed by atoms with Crippen LogP contribution in [0.25, 0.3) is 6.08 Å². The van der Waals surface area contributed by atoms with E-state index in [-0.39, 0.29) is 10.8 Å². The fraction of sp³-hybridized carbons (Fsp3) is 0. The molecule has 102 valence electrons. The molecule has 0 heterocycles. The lowest BCUT2D eigenvalue weighted by atomic mass is 10.2. The van der Waals surface area contributed by atoms with Crippen LogP contribution in [0.4, 0.5) is 14.5 Å². The van der Waals surface area contributed by atoms with Crippen LogP contribution in [0, 0.1) is 11.6 Å². The highest BCUT2D eigenvalue weighted by molar-refractivity contribution is 6.31. The molecular weight excluding hydrogens is 284 g/mol. The first-order valence-electron chi connectivity index (χ1n) is 5.74. The van der Waals surface area contributed by atoms with Crippen molar-refractivity contribution >= 4 is 29.3 Å². The van der Waals surface area contributed by atoms with Crippen molar-refractivity contribution in [3.8, 4) is 0 Å². The van der Waals surface area contributed by atoms with Gasteiger partial charge in [0.25, 0.3) is 0 Å². The molecule has 2 nitrogen and oxygen atoms in total. The molecule has 0 bridgehead atoms. The van der Waals surface area contributed by atoms with Gasteiger partial charge in [0.05, 0.1) is 5.02 Å². The second-order valence-corrected chi connectivity index (χ2v) is 4.41. The van der Waals surface area contributed by atoms with Gasteiger partial charge in [0.15, 0.2) is 0 Å². The molecule has 0 fully saturated rings. The van der Waals surface area contributed by atoms with E-state index in [1.807, 2.05) is 0 Å². The maximum Gasteiger partial charge on any atom is 0.248 e. The van der Waals surface area contributed by atoms with Crippen LogP contribution in [0.15, 0.2) is 48.5 Å². The minimum Gasteiger partial charge on any atom is -0.322 e. The number of benzene rings is 2. The van der Waals surface area contributed by atoms with Crippen molar-refractivity contribution in [1.82, 2.24) is 0 Å². The highest BCUT2D eigenvalue weighted by Gasteiger charge is 2.02. The van der Waals surface area contributed by atoms with E-state index in [9.17, 15) is 13.6 Å². The zero-order valence-corrected chi connectivity index (χ0v) is 11.0. The molecule has 2 rings (SSSR count). The van der Waals surface area contributed by atoms with Gasteiger partial charge in [0.1, 0.15) is 11.6 Å². The number of nitrogens with one attached hydrogen (secondary N) is 1. The van der Waals surface area contributed by atoms with Gasteiger partial charge < -0.3 is 5.32 Å². The van der Waals surface area contributed by atoms with Crippen LogP contribution in [-0.4, -0.2) is 5.91 Å². The summed E-state index contributed by atoms with van der Waals surface area (Å²) in [5, 5.41) is 2.48. The van der Waals surface area contributed by atoms with Crippen molar-refractivity contribution in [3.63, 3.8) is 0 Å². The summed E-state index contributed by atoms with van der Waals surface area (Å²) in [5.74, 6) is -1.28. The molecule has 0 aliphatic rings. The van der Waals surface area contributed by atoms with E-state index in [0.29, 0.717) is 11.3 Å². The average Bonchev–Trinajstić information content (AvgIpc) is 2.42. The molecule has 0 aliphatic carbocycles. The Labute approximate surface area is 119 Å². The molecule has 0 radical (unpaired) electrons. The van der Waals surface area contributed by atoms with E-state index in [1.165, 1.54) is 36.4 Å². The fourth-order valence-electron chi connectivity index (χ4n) is 1.50. The zero-order chi connectivity index (χ0) is 14.5. The first-order valence-corrected chi connectivity index (χ1v) is 6.12. The van der Waals surface area contributed by atoms with Gasteiger partial charge in [0, 0.05) is 11.8 Å². The van der Waals surface area contributed by atoms with E-state index in [4.69, 9.17) is 11.6 Å². The van der Waals surface area contributed by atoms with E-state index in [1.54, 1.807) is 18.2 Å². The average molecular weight is 294 g/mol. The Kier molecular flexibility index (Phi) is 4.48. The first kappa shape index (κ1) is 14.2. The lowest BCUT2D eigenvalue weighted by Crippen LogP contribution is -2.07. The molecule has 0 saturated carbocycles. The molecular formula is C15H10ClF2NO. The number of carbonyl (C=O) groups excluding carboxylic acids is 1. The molecule has 0 unspecified atom stereocenters. The predicted octanol–water partition coefficient (Wildman–Crippen LogP) is 4.27.